The molecule has 6 heteroatoms. The minimum Gasteiger partial charge on any atom is -0.465 e. The van der Waals surface area contributed by atoms with Crippen LogP contribution in [-0.2, 0) is 4.74 Å². The molecule has 0 saturated carbocycles. The highest BCUT2D eigenvalue weighted by molar-refractivity contribution is 6.36. The monoisotopic (exact) mass is 323 g/mol. The number of anilines is 1. The summed E-state index contributed by atoms with van der Waals surface area (Å²) < 4.78 is 4.62. The SMILES string of the molecule is COC(=O)c1ccc(Cl)c(NC(=O)c2ccccc2Cl)c1. The summed E-state index contributed by atoms with van der Waals surface area (Å²) in [5, 5.41) is 3.26. The Balaban J connectivity index is 2.29. The summed E-state index contributed by atoms with van der Waals surface area (Å²) in [5.41, 5.74) is 0.916. The average molecular weight is 324 g/mol. The lowest BCUT2D eigenvalue weighted by Gasteiger charge is -2.09. The van der Waals surface area contributed by atoms with Gasteiger partial charge < -0.3 is 10.1 Å². The molecule has 21 heavy (non-hydrogen) atoms. The highest BCUT2D eigenvalue weighted by Gasteiger charge is 2.14. The number of ether oxygens (including phenoxy) is 1. The smallest absolute Gasteiger partial charge is 0.337 e. The predicted octanol–water partition coefficient (Wildman–Crippen LogP) is 4.03. The van der Waals surface area contributed by atoms with Crippen LogP contribution >= 0.6 is 23.2 Å². The van der Waals surface area contributed by atoms with Gasteiger partial charge in [-0.15, -0.1) is 0 Å². The van der Waals surface area contributed by atoms with E-state index in [-0.39, 0.29) is 5.56 Å². The Labute approximate surface area is 131 Å². The number of halogens is 2. The Bertz CT molecular complexity index is 701. The van der Waals surface area contributed by atoms with E-state index in [4.69, 9.17) is 23.2 Å². The van der Waals surface area contributed by atoms with E-state index in [2.05, 4.69) is 10.1 Å². The zero-order valence-corrected chi connectivity index (χ0v) is 12.5. The number of carbonyl (C=O) groups is 2. The van der Waals surface area contributed by atoms with Crippen LogP contribution in [-0.4, -0.2) is 19.0 Å². The highest BCUT2D eigenvalue weighted by atomic mass is 35.5. The fourth-order valence-electron chi connectivity index (χ4n) is 1.70. The van der Waals surface area contributed by atoms with Gasteiger partial charge in [-0.1, -0.05) is 35.3 Å². The van der Waals surface area contributed by atoms with Crippen molar-refractivity contribution in [2.24, 2.45) is 0 Å². The molecule has 2 aromatic rings. The molecule has 108 valence electrons. The number of nitrogens with one attached hydrogen (secondary N) is 1. The first-order chi connectivity index (χ1) is 10.0. The Morgan fingerprint density at radius 2 is 1.76 bits per heavy atom. The van der Waals surface area contributed by atoms with Gasteiger partial charge in [-0.05, 0) is 30.3 Å². The van der Waals surface area contributed by atoms with Crippen molar-refractivity contribution < 1.29 is 14.3 Å². The van der Waals surface area contributed by atoms with Crippen LogP contribution < -0.4 is 5.32 Å². The Morgan fingerprint density at radius 3 is 2.43 bits per heavy atom. The summed E-state index contributed by atoms with van der Waals surface area (Å²) in [6.07, 6.45) is 0. The van der Waals surface area contributed by atoms with Crippen LogP contribution in [0.3, 0.4) is 0 Å². The first-order valence-electron chi connectivity index (χ1n) is 5.96. The van der Waals surface area contributed by atoms with E-state index in [1.165, 1.54) is 25.3 Å². The normalized spacial score (nSPS) is 10.0. The Kier molecular flexibility index (Phi) is 4.83. The van der Waals surface area contributed by atoms with Crippen molar-refractivity contribution in [3.8, 4) is 0 Å². The number of methoxy groups -OCH3 is 1. The van der Waals surface area contributed by atoms with Crippen molar-refractivity contribution in [2.45, 2.75) is 0 Å². The number of carbonyl (C=O) groups excluding carboxylic acids is 2. The lowest BCUT2D eigenvalue weighted by Crippen LogP contribution is -2.13. The van der Waals surface area contributed by atoms with E-state index >= 15 is 0 Å². The maximum atomic E-state index is 12.2. The van der Waals surface area contributed by atoms with Crippen LogP contribution in [0.2, 0.25) is 10.0 Å². The first-order valence-corrected chi connectivity index (χ1v) is 6.72. The number of hydrogen-bond acceptors (Lipinski definition) is 3. The van der Waals surface area contributed by atoms with E-state index in [9.17, 15) is 9.59 Å². The first kappa shape index (κ1) is 15.4. The molecule has 0 unspecified atom stereocenters. The Morgan fingerprint density at radius 1 is 1.05 bits per heavy atom. The summed E-state index contributed by atoms with van der Waals surface area (Å²) in [6.45, 7) is 0. The molecule has 0 aromatic heterocycles. The Hall–Kier alpha value is -2.04. The quantitative estimate of drug-likeness (QED) is 0.867. The van der Waals surface area contributed by atoms with Crippen molar-refractivity contribution in [3.05, 3.63) is 63.6 Å². The van der Waals surface area contributed by atoms with Gasteiger partial charge in [0.25, 0.3) is 5.91 Å². The summed E-state index contributed by atoms with van der Waals surface area (Å²) in [5.74, 6) is -0.926. The molecule has 0 radical (unpaired) electrons. The van der Waals surface area contributed by atoms with E-state index in [0.29, 0.717) is 21.3 Å². The van der Waals surface area contributed by atoms with Crippen LogP contribution in [0.5, 0.6) is 0 Å². The molecule has 0 aliphatic heterocycles. The van der Waals surface area contributed by atoms with Gasteiger partial charge >= 0.3 is 5.97 Å². The molecule has 0 aliphatic carbocycles. The lowest BCUT2D eigenvalue weighted by atomic mass is 10.1. The fraction of sp³-hybridized carbons (Fsp3) is 0.0667. The zero-order chi connectivity index (χ0) is 15.4. The van der Waals surface area contributed by atoms with Crippen LogP contribution in [0.15, 0.2) is 42.5 Å². The second-order valence-electron chi connectivity index (χ2n) is 4.12. The van der Waals surface area contributed by atoms with Gasteiger partial charge in [0.2, 0.25) is 0 Å². The molecule has 2 aromatic carbocycles. The predicted molar refractivity (Wildman–Crippen MR) is 82.2 cm³/mol. The molecular formula is C15H11Cl2NO3. The number of benzene rings is 2. The largest absolute Gasteiger partial charge is 0.465 e. The highest BCUT2D eigenvalue weighted by Crippen LogP contribution is 2.25. The fourth-order valence-corrected chi connectivity index (χ4v) is 2.09. The summed E-state index contributed by atoms with van der Waals surface area (Å²) in [4.78, 5) is 23.7. The number of rotatable bonds is 3. The zero-order valence-electron chi connectivity index (χ0n) is 11.0. The second kappa shape index (κ2) is 6.61. The van der Waals surface area contributed by atoms with Gasteiger partial charge in [-0.25, -0.2) is 4.79 Å². The topological polar surface area (TPSA) is 55.4 Å². The summed E-state index contributed by atoms with van der Waals surface area (Å²) in [6, 6.07) is 11.1. The van der Waals surface area contributed by atoms with Gasteiger partial charge in [0, 0.05) is 0 Å². The molecule has 1 amide bonds. The molecule has 0 bridgehead atoms. The van der Waals surface area contributed by atoms with E-state index in [1.54, 1.807) is 24.3 Å². The molecule has 0 saturated heterocycles. The maximum Gasteiger partial charge on any atom is 0.337 e. The third-order valence-electron chi connectivity index (χ3n) is 2.75. The lowest BCUT2D eigenvalue weighted by molar-refractivity contribution is 0.0600. The van der Waals surface area contributed by atoms with Gasteiger partial charge in [0.1, 0.15) is 0 Å². The van der Waals surface area contributed by atoms with Gasteiger partial charge in [-0.3, -0.25) is 4.79 Å². The minimum absolute atomic E-state index is 0.288. The van der Waals surface area contributed by atoms with E-state index in [1.807, 2.05) is 0 Å². The van der Waals surface area contributed by atoms with Gasteiger partial charge in [0.05, 0.1) is 34.0 Å². The maximum absolute atomic E-state index is 12.2. The molecule has 0 atom stereocenters. The standard InChI is InChI=1S/C15H11Cl2NO3/c1-21-15(20)9-6-7-12(17)13(8-9)18-14(19)10-4-2-3-5-11(10)16/h2-8H,1H3,(H,18,19). The van der Waals surface area contributed by atoms with Crippen LogP contribution in [0.1, 0.15) is 20.7 Å². The van der Waals surface area contributed by atoms with Crippen LogP contribution in [0, 0.1) is 0 Å². The third kappa shape index (κ3) is 3.54. The van der Waals surface area contributed by atoms with Crippen molar-refractivity contribution in [2.75, 3.05) is 12.4 Å². The van der Waals surface area contributed by atoms with Gasteiger partial charge in [0.15, 0.2) is 0 Å². The number of hydrogen-bond donors (Lipinski definition) is 1. The van der Waals surface area contributed by atoms with Crippen molar-refractivity contribution >= 4 is 40.8 Å². The number of amides is 1. The molecule has 0 fully saturated rings. The summed E-state index contributed by atoms with van der Waals surface area (Å²) >= 11 is 12.0. The minimum atomic E-state index is -0.514. The van der Waals surface area contributed by atoms with E-state index in [0.717, 1.165) is 0 Å². The van der Waals surface area contributed by atoms with Crippen LogP contribution in [0.4, 0.5) is 5.69 Å². The van der Waals surface area contributed by atoms with Crippen LogP contribution in [0.25, 0.3) is 0 Å². The van der Waals surface area contributed by atoms with Crippen molar-refractivity contribution in [1.29, 1.82) is 0 Å². The molecule has 1 N–H and O–H groups in total. The molecule has 0 aliphatic rings. The van der Waals surface area contributed by atoms with Gasteiger partial charge in [-0.2, -0.15) is 0 Å². The molecule has 4 nitrogen and oxygen atoms in total. The van der Waals surface area contributed by atoms with Crippen molar-refractivity contribution in [3.63, 3.8) is 0 Å². The molecular weight excluding hydrogens is 313 g/mol. The molecule has 2 rings (SSSR count). The molecule has 0 spiro atoms. The third-order valence-corrected chi connectivity index (χ3v) is 3.41. The van der Waals surface area contributed by atoms with E-state index < -0.39 is 11.9 Å². The van der Waals surface area contributed by atoms with Crippen molar-refractivity contribution in [1.82, 2.24) is 0 Å². The summed E-state index contributed by atoms with van der Waals surface area (Å²) in [7, 11) is 1.28. The number of esters is 1. The second-order valence-corrected chi connectivity index (χ2v) is 4.93. The average Bonchev–Trinajstić information content (AvgIpc) is 2.49. The molecule has 0 heterocycles.